The number of amides is 1. The van der Waals surface area contributed by atoms with Crippen LogP contribution in [0.2, 0.25) is 0 Å². The molecule has 1 amide bonds. The lowest BCUT2D eigenvalue weighted by atomic mass is 10.1. The SMILES string of the molecule is CCN(C)C(=O)c1cc(C(=O)OC)cc([N+](=O)[O-])c1. The molecule has 19 heavy (non-hydrogen) atoms. The van der Waals surface area contributed by atoms with E-state index in [1.54, 1.807) is 14.0 Å². The first-order chi connectivity index (χ1) is 8.90. The summed E-state index contributed by atoms with van der Waals surface area (Å²) in [5.74, 6) is -1.12. The van der Waals surface area contributed by atoms with Gasteiger partial charge in [-0.15, -0.1) is 0 Å². The molecule has 0 heterocycles. The number of nitrogens with zero attached hydrogens (tertiary/aromatic N) is 2. The van der Waals surface area contributed by atoms with Gasteiger partial charge in [0.25, 0.3) is 11.6 Å². The molecule has 0 bridgehead atoms. The average molecular weight is 266 g/mol. The molecule has 0 aliphatic heterocycles. The molecular formula is C12H14N2O5. The Bertz CT molecular complexity index is 527. The molecule has 0 atom stereocenters. The molecule has 0 saturated heterocycles. The number of nitro groups is 1. The summed E-state index contributed by atoms with van der Waals surface area (Å²) in [5, 5.41) is 10.8. The van der Waals surface area contributed by atoms with E-state index < -0.39 is 16.8 Å². The van der Waals surface area contributed by atoms with Gasteiger partial charge in [0.2, 0.25) is 0 Å². The number of benzene rings is 1. The number of non-ortho nitro benzene ring substituents is 1. The van der Waals surface area contributed by atoms with Crippen LogP contribution in [0.4, 0.5) is 5.69 Å². The zero-order valence-electron chi connectivity index (χ0n) is 10.9. The molecule has 0 spiro atoms. The van der Waals surface area contributed by atoms with Gasteiger partial charge in [-0.1, -0.05) is 0 Å². The second kappa shape index (κ2) is 5.94. The summed E-state index contributed by atoms with van der Waals surface area (Å²) in [5.41, 5.74) is -0.265. The molecule has 1 rings (SSSR count). The van der Waals surface area contributed by atoms with E-state index >= 15 is 0 Å². The van der Waals surface area contributed by atoms with Crippen LogP contribution in [0, 0.1) is 10.1 Å². The highest BCUT2D eigenvalue weighted by atomic mass is 16.6. The first-order valence-electron chi connectivity index (χ1n) is 5.54. The molecule has 102 valence electrons. The van der Waals surface area contributed by atoms with Crippen molar-refractivity contribution in [2.75, 3.05) is 20.7 Å². The number of carbonyl (C=O) groups is 2. The third-order valence-corrected chi connectivity index (χ3v) is 2.62. The summed E-state index contributed by atoms with van der Waals surface area (Å²) < 4.78 is 4.51. The number of rotatable bonds is 4. The van der Waals surface area contributed by atoms with Crippen LogP contribution >= 0.6 is 0 Å². The molecular weight excluding hydrogens is 252 g/mol. The lowest BCUT2D eigenvalue weighted by Gasteiger charge is -2.14. The van der Waals surface area contributed by atoms with Crippen molar-refractivity contribution in [3.05, 3.63) is 39.4 Å². The van der Waals surface area contributed by atoms with Crippen LogP contribution in [0.1, 0.15) is 27.6 Å². The zero-order valence-corrected chi connectivity index (χ0v) is 10.9. The van der Waals surface area contributed by atoms with E-state index in [0.29, 0.717) is 6.54 Å². The summed E-state index contributed by atoms with van der Waals surface area (Å²) in [7, 11) is 2.74. The lowest BCUT2D eigenvalue weighted by Crippen LogP contribution is -2.26. The predicted octanol–water partition coefficient (Wildman–Crippen LogP) is 1.47. The van der Waals surface area contributed by atoms with E-state index in [1.165, 1.54) is 18.1 Å². The Morgan fingerprint density at radius 2 is 1.89 bits per heavy atom. The molecule has 1 aromatic carbocycles. The highest BCUT2D eigenvalue weighted by Gasteiger charge is 2.19. The summed E-state index contributed by atoms with van der Waals surface area (Å²) in [6.07, 6.45) is 0. The number of esters is 1. The van der Waals surface area contributed by atoms with E-state index in [9.17, 15) is 19.7 Å². The normalized spacial score (nSPS) is 9.84. The number of hydrogen-bond donors (Lipinski definition) is 0. The maximum absolute atomic E-state index is 12.0. The Kier molecular flexibility index (Phi) is 4.57. The predicted molar refractivity (Wildman–Crippen MR) is 67.1 cm³/mol. The molecule has 0 unspecified atom stereocenters. The number of carbonyl (C=O) groups excluding carboxylic acids is 2. The molecule has 0 radical (unpaired) electrons. The van der Waals surface area contributed by atoms with E-state index in [0.717, 1.165) is 12.1 Å². The number of hydrogen-bond acceptors (Lipinski definition) is 5. The minimum atomic E-state index is -0.725. The second-order valence-electron chi connectivity index (χ2n) is 3.84. The summed E-state index contributed by atoms with van der Waals surface area (Å²) >= 11 is 0. The molecule has 0 saturated carbocycles. The third-order valence-electron chi connectivity index (χ3n) is 2.62. The Hall–Kier alpha value is -2.44. The minimum absolute atomic E-state index is 0.0236. The van der Waals surface area contributed by atoms with Gasteiger partial charge >= 0.3 is 5.97 Å². The van der Waals surface area contributed by atoms with E-state index in [-0.39, 0.29) is 16.8 Å². The maximum Gasteiger partial charge on any atom is 0.338 e. The quantitative estimate of drug-likeness (QED) is 0.467. The topological polar surface area (TPSA) is 89.8 Å². The van der Waals surface area contributed by atoms with Crippen molar-refractivity contribution in [2.45, 2.75) is 6.92 Å². The monoisotopic (exact) mass is 266 g/mol. The van der Waals surface area contributed by atoms with Crippen molar-refractivity contribution in [3.63, 3.8) is 0 Å². The third kappa shape index (κ3) is 3.27. The van der Waals surface area contributed by atoms with Gasteiger partial charge in [-0.2, -0.15) is 0 Å². The minimum Gasteiger partial charge on any atom is -0.465 e. The smallest absolute Gasteiger partial charge is 0.338 e. The van der Waals surface area contributed by atoms with Crippen LogP contribution in [0.5, 0.6) is 0 Å². The molecule has 0 aliphatic rings. The number of nitro benzene ring substituents is 1. The summed E-state index contributed by atoms with van der Waals surface area (Å²) in [6, 6.07) is 3.50. The van der Waals surface area contributed by atoms with Gasteiger partial charge in [-0.25, -0.2) is 4.79 Å². The van der Waals surface area contributed by atoms with Crippen molar-refractivity contribution in [1.29, 1.82) is 0 Å². The fraction of sp³-hybridized carbons (Fsp3) is 0.333. The van der Waals surface area contributed by atoms with E-state index in [2.05, 4.69) is 4.74 Å². The van der Waals surface area contributed by atoms with Crippen molar-refractivity contribution >= 4 is 17.6 Å². The largest absolute Gasteiger partial charge is 0.465 e. The van der Waals surface area contributed by atoms with E-state index in [4.69, 9.17) is 0 Å². The van der Waals surface area contributed by atoms with Crippen molar-refractivity contribution in [1.82, 2.24) is 4.90 Å². The van der Waals surface area contributed by atoms with Crippen LogP contribution in [-0.4, -0.2) is 42.4 Å². The number of ether oxygens (including phenoxy) is 1. The van der Waals surface area contributed by atoms with Crippen LogP contribution < -0.4 is 0 Å². The second-order valence-corrected chi connectivity index (χ2v) is 3.84. The first-order valence-corrected chi connectivity index (χ1v) is 5.54. The molecule has 0 aromatic heterocycles. The molecule has 1 aromatic rings. The molecule has 7 nitrogen and oxygen atoms in total. The number of methoxy groups -OCH3 is 1. The van der Waals surface area contributed by atoms with Gasteiger partial charge in [0.15, 0.2) is 0 Å². The molecule has 7 heteroatoms. The molecule has 0 fully saturated rings. The lowest BCUT2D eigenvalue weighted by molar-refractivity contribution is -0.384. The van der Waals surface area contributed by atoms with Crippen LogP contribution in [0.15, 0.2) is 18.2 Å². The Morgan fingerprint density at radius 1 is 1.32 bits per heavy atom. The Balaban J connectivity index is 3.32. The van der Waals surface area contributed by atoms with E-state index in [1.807, 2.05) is 0 Å². The van der Waals surface area contributed by atoms with Gasteiger partial charge < -0.3 is 9.64 Å². The van der Waals surface area contributed by atoms with Crippen molar-refractivity contribution in [3.8, 4) is 0 Å². The Morgan fingerprint density at radius 3 is 2.37 bits per heavy atom. The van der Waals surface area contributed by atoms with Crippen LogP contribution in [0.3, 0.4) is 0 Å². The summed E-state index contributed by atoms with van der Waals surface area (Å²) in [6.45, 7) is 2.23. The maximum atomic E-state index is 12.0. The van der Waals surface area contributed by atoms with Crippen molar-refractivity contribution < 1.29 is 19.2 Å². The van der Waals surface area contributed by atoms with Crippen molar-refractivity contribution in [2.24, 2.45) is 0 Å². The zero-order chi connectivity index (χ0) is 14.6. The van der Waals surface area contributed by atoms with Gasteiger partial charge in [0.05, 0.1) is 17.6 Å². The highest BCUT2D eigenvalue weighted by molar-refractivity contribution is 5.98. The van der Waals surface area contributed by atoms with Crippen LogP contribution in [0.25, 0.3) is 0 Å². The highest BCUT2D eigenvalue weighted by Crippen LogP contribution is 2.19. The molecule has 0 aliphatic carbocycles. The summed E-state index contributed by atoms with van der Waals surface area (Å²) in [4.78, 5) is 34.9. The standard InChI is InChI=1S/C12H14N2O5/c1-4-13(2)11(15)8-5-9(12(16)19-3)7-10(6-8)14(17)18/h5-7H,4H2,1-3H3. The average Bonchev–Trinajstić information content (AvgIpc) is 2.43. The Labute approximate surface area is 109 Å². The first kappa shape index (κ1) is 14.6. The fourth-order valence-corrected chi connectivity index (χ4v) is 1.44. The van der Waals surface area contributed by atoms with Gasteiger partial charge in [-0.3, -0.25) is 14.9 Å². The fourth-order valence-electron chi connectivity index (χ4n) is 1.44. The van der Waals surface area contributed by atoms with Gasteiger partial charge in [-0.05, 0) is 13.0 Å². The van der Waals surface area contributed by atoms with Crippen LogP contribution in [-0.2, 0) is 4.74 Å². The van der Waals surface area contributed by atoms with Gasteiger partial charge in [0, 0.05) is 31.3 Å². The molecule has 0 N–H and O–H groups in total. The van der Waals surface area contributed by atoms with Gasteiger partial charge in [0.1, 0.15) is 0 Å².